The zero-order chi connectivity index (χ0) is 12.3. The average Bonchev–Trinajstić information content (AvgIpc) is 2.36. The molecule has 0 aliphatic heterocycles. The van der Waals surface area contributed by atoms with Crippen molar-refractivity contribution in [2.75, 3.05) is 5.73 Å². The molecule has 0 radical (unpaired) electrons. The molecule has 0 fully saturated rings. The van der Waals surface area contributed by atoms with E-state index in [-0.39, 0.29) is 0 Å². The quantitative estimate of drug-likeness (QED) is 0.848. The van der Waals surface area contributed by atoms with Crippen molar-refractivity contribution < 1.29 is 4.74 Å². The Balaban J connectivity index is 2.13. The highest BCUT2D eigenvalue weighted by molar-refractivity contribution is 6.39. The molecule has 2 nitrogen and oxygen atoms in total. The normalized spacial score (nSPS) is 10.2. The molecule has 17 heavy (non-hydrogen) atoms. The van der Waals surface area contributed by atoms with E-state index in [2.05, 4.69) is 0 Å². The van der Waals surface area contributed by atoms with Gasteiger partial charge in [-0.05, 0) is 17.7 Å². The van der Waals surface area contributed by atoms with Crippen molar-refractivity contribution >= 4 is 28.9 Å². The van der Waals surface area contributed by atoms with Crippen LogP contribution in [0, 0.1) is 0 Å². The van der Waals surface area contributed by atoms with Gasteiger partial charge in [-0.3, -0.25) is 0 Å². The van der Waals surface area contributed by atoms with E-state index >= 15 is 0 Å². The van der Waals surface area contributed by atoms with Crippen LogP contribution >= 0.6 is 23.2 Å². The van der Waals surface area contributed by atoms with Gasteiger partial charge < -0.3 is 10.5 Å². The van der Waals surface area contributed by atoms with Crippen molar-refractivity contribution in [3.8, 4) is 5.75 Å². The summed E-state index contributed by atoms with van der Waals surface area (Å²) in [5.74, 6) is 0.539. The Morgan fingerprint density at radius 1 is 1.00 bits per heavy atom. The van der Waals surface area contributed by atoms with E-state index in [1.54, 1.807) is 12.1 Å². The van der Waals surface area contributed by atoms with E-state index in [9.17, 15) is 0 Å². The van der Waals surface area contributed by atoms with Crippen molar-refractivity contribution in [3.63, 3.8) is 0 Å². The van der Waals surface area contributed by atoms with E-state index in [4.69, 9.17) is 33.7 Å². The van der Waals surface area contributed by atoms with Gasteiger partial charge in [-0.25, -0.2) is 0 Å². The Kier molecular flexibility index (Phi) is 3.77. The third-order valence-electron chi connectivity index (χ3n) is 2.33. The van der Waals surface area contributed by atoms with Crippen LogP contribution in [0.5, 0.6) is 5.75 Å². The Bertz CT molecular complexity index is 514. The third-order valence-corrected chi connectivity index (χ3v) is 3.05. The molecule has 4 heteroatoms. The molecule has 2 aromatic carbocycles. The van der Waals surface area contributed by atoms with Crippen molar-refractivity contribution in [2.24, 2.45) is 0 Å². The van der Waals surface area contributed by atoms with Gasteiger partial charge in [0.05, 0.1) is 10.7 Å². The fraction of sp³-hybridized carbons (Fsp3) is 0.0769. The Morgan fingerprint density at radius 2 is 1.71 bits per heavy atom. The van der Waals surface area contributed by atoms with Gasteiger partial charge in [-0.2, -0.15) is 0 Å². The smallest absolute Gasteiger partial charge is 0.140 e. The largest absolute Gasteiger partial charge is 0.487 e. The maximum atomic E-state index is 6.03. The summed E-state index contributed by atoms with van der Waals surface area (Å²) in [7, 11) is 0. The van der Waals surface area contributed by atoms with E-state index < -0.39 is 0 Å². The number of anilines is 1. The first-order valence-electron chi connectivity index (χ1n) is 5.08. The van der Waals surface area contributed by atoms with Crippen LogP contribution in [-0.2, 0) is 6.61 Å². The minimum Gasteiger partial charge on any atom is -0.487 e. The van der Waals surface area contributed by atoms with Gasteiger partial charge in [0.25, 0.3) is 0 Å². The van der Waals surface area contributed by atoms with Crippen LogP contribution in [0.4, 0.5) is 5.69 Å². The summed E-state index contributed by atoms with van der Waals surface area (Å²) in [6.07, 6.45) is 0. The van der Waals surface area contributed by atoms with E-state index in [1.807, 2.05) is 30.3 Å². The van der Waals surface area contributed by atoms with Crippen LogP contribution < -0.4 is 10.5 Å². The Labute approximate surface area is 110 Å². The summed E-state index contributed by atoms with van der Waals surface area (Å²) in [5, 5.41) is 0.787. The number of benzene rings is 2. The van der Waals surface area contributed by atoms with Crippen LogP contribution in [0.3, 0.4) is 0 Å². The topological polar surface area (TPSA) is 35.2 Å². The summed E-state index contributed by atoms with van der Waals surface area (Å²) in [6, 6.07) is 13.2. The number of hydrogen-bond donors (Lipinski definition) is 1. The highest BCUT2D eigenvalue weighted by atomic mass is 35.5. The predicted molar refractivity (Wildman–Crippen MR) is 71.6 cm³/mol. The van der Waals surface area contributed by atoms with E-state index in [1.165, 1.54) is 0 Å². The minimum absolute atomic E-state index is 0.346. The average molecular weight is 268 g/mol. The molecule has 0 aliphatic carbocycles. The van der Waals surface area contributed by atoms with Crippen LogP contribution in [-0.4, -0.2) is 0 Å². The van der Waals surface area contributed by atoms with Gasteiger partial charge >= 0.3 is 0 Å². The van der Waals surface area contributed by atoms with Crippen LogP contribution in [0.1, 0.15) is 5.56 Å². The zero-order valence-corrected chi connectivity index (χ0v) is 10.5. The van der Waals surface area contributed by atoms with Crippen molar-refractivity contribution in [3.05, 3.63) is 58.1 Å². The second-order valence-electron chi connectivity index (χ2n) is 3.55. The summed E-state index contributed by atoms with van der Waals surface area (Å²) in [5.41, 5.74) is 7.12. The number of ether oxygens (including phenoxy) is 1. The number of rotatable bonds is 3. The lowest BCUT2D eigenvalue weighted by Crippen LogP contribution is -1.97. The molecule has 2 aromatic rings. The number of halogens is 2. The van der Waals surface area contributed by atoms with Crippen LogP contribution in [0.25, 0.3) is 0 Å². The van der Waals surface area contributed by atoms with Gasteiger partial charge in [-0.15, -0.1) is 0 Å². The molecule has 0 atom stereocenters. The lowest BCUT2D eigenvalue weighted by molar-refractivity contribution is 0.306. The van der Waals surface area contributed by atoms with Gasteiger partial charge in [0, 0.05) is 0 Å². The zero-order valence-electron chi connectivity index (χ0n) is 8.99. The first kappa shape index (κ1) is 12.1. The molecule has 2 N–H and O–H groups in total. The SMILES string of the molecule is Nc1c(Cl)ccc(OCc2ccccc2)c1Cl. The predicted octanol–water partition coefficient (Wildman–Crippen LogP) is 4.15. The van der Waals surface area contributed by atoms with E-state index in [0.29, 0.717) is 28.1 Å². The van der Waals surface area contributed by atoms with Gasteiger partial charge in [0.2, 0.25) is 0 Å². The van der Waals surface area contributed by atoms with Crippen molar-refractivity contribution in [1.82, 2.24) is 0 Å². The van der Waals surface area contributed by atoms with Crippen molar-refractivity contribution in [2.45, 2.75) is 6.61 Å². The Hall–Kier alpha value is -1.38. The summed E-state index contributed by atoms with van der Waals surface area (Å²) >= 11 is 11.9. The first-order chi connectivity index (χ1) is 8.18. The lowest BCUT2D eigenvalue weighted by Gasteiger charge is -2.10. The molecule has 0 aliphatic rings. The molecule has 0 spiro atoms. The molecular formula is C13H11Cl2NO. The molecular weight excluding hydrogens is 257 g/mol. The monoisotopic (exact) mass is 267 g/mol. The second-order valence-corrected chi connectivity index (χ2v) is 4.33. The van der Waals surface area contributed by atoms with Crippen LogP contribution in [0.2, 0.25) is 10.0 Å². The fourth-order valence-corrected chi connectivity index (χ4v) is 1.82. The number of nitrogens with two attached hydrogens (primary N) is 1. The van der Waals surface area contributed by atoms with Gasteiger partial charge in [0.1, 0.15) is 17.4 Å². The lowest BCUT2D eigenvalue weighted by atomic mass is 10.2. The molecule has 0 bridgehead atoms. The molecule has 0 aromatic heterocycles. The number of nitrogen functional groups attached to an aromatic ring is 1. The standard InChI is InChI=1S/C13H11Cl2NO/c14-10-6-7-11(12(15)13(10)16)17-8-9-4-2-1-3-5-9/h1-7H,8,16H2. The summed E-state index contributed by atoms with van der Waals surface area (Å²) in [6.45, 7) is 0.446. The molecule has 0 saturated heterocycles. The third kappa shape index (κ3) is 2.84. The molecule has 0 amide bonds. The van der Waals surface area contributed by atoms with Gasteiger partial charge in [0.15, 0.2) is 0 Å². The highest BCUT2D eigenvalue weighted by Crippen LogP contribution is 2.35. The molecule has 2 rings (SSSR count). The van der Waals surface area contributed by atoms with Crippen LogP contribution in [0.15, 0.2) is 42.5 Å². The molecule has 0 saturated carbocycles. The molecule has 0 unspecified atom stereocenters. The Morgan fingerprint density at radius 3 is 2.41 bits per heavy atom. The summed E-state index contributed by atoms with van der Waals surface area (Å²) in [4.78, 5) is 0. The molecule has 0 heterocycles. The van der Waals surface area contributed by atoms with Crippen molar-refractivity contribution in [1.29, 1.82) is 0 Å². The van der Waals surface area contributed by atoms with Gasteiger partial charge in [-0.1, -0.05) is 53.5 Å². The summed E-state index contributed by atoms with van der Waals surface area (Å²) < 4.78 is 5.59. The highest BCUT2D eigenvalue weighted by Gasteiger charge is 2.08. The molecule has 88 valence electrons. The fourth-order valence-electron chi connectivity index (χ4n) is 1.40. The second kappa shape index (κ2) is 5.30. The minimum atomic E-state index is 0.346. The maximum Gasteiger partial charge on any atom is 0.140 e. The number of hydrogen-bond acceptors (Lipinski definition) is 2. The van der Waals surface area contributed by atoms with E-state index in [0.717, 1.165) is 5.56 Å². The first-order valence-corrected chi connectivity index (χ1v) is 5.84. The maximum absolute atomic E-state index is 6.03.